The molecule has 0 spiro atoms. The highest BCUT2D eigenvalue weighted by Crippen LogP contribution is 2.32. The van der Waals surface area contributed by atoms with Crippen LogP contribution in [0.1, 0.15) is 4.88 Å². The first-order chi connectivity index (χ1) is 13.1. The Labute approximate surface area is 162 Å². The van der Waals surface area contributed by atoms with Crippen molar-refractivity contribution in [1.82, 2.24) is 14.9 Å². The summed E-state index contributed by atoms with van der Waals surface area (Å²) >= 11 is 2.31. The smallest absolute Gasteiger partial charge is 0.294 e. The molecule has 0 radical (unpaired) electrons. The normalized spacial score (nSPS) is 15.7. The van der Waals surface area contributed by atoms with E-state index in [1.807, 2.05) is 17.5 Å². The van der Waals surface area contributed by atoms with E-state index in [4.69, 9.17) is 0 Å². The number of anilines is 1. The van der Waals surface area contributed by atoms with Gasteiger partial charge in [0, 0.05) is 23.0 Å². The molecule has 1 fully saturated rings. The SMILES string of the molecule is O=C(CN1C(=O)SC(=Cc2cccs2)C1=O)Nc1ccc2nccnc2c1. The van der Waals surface area contributed by atoms with Crippen molar-refractivity contribution in [2.75, 3.05) is 11.9 Å². The van der Waals surface area contributed by atoms with E-state index >= 15 is 0 Å². The highest BCUT2D eigenvalue weighted by molar-refractivity contribution is 8.18. The van der Waals surface area contributed by atoms with Crippen LogP contribution in [-0.4, -0.2) is 38.5 Å². The molecule has 4 rings (SSSR count). The number of hydrogen-bond acceptors (Lipinski definition) is 7. The molecular formula is C18H12N4O3S2. The molecule has 27 heavy (non-hydrogen) atoms. The van der Waals surface area contributed by atoms with Gasteiger partial charge in [-0.15, -0.1) is 11.3 Å². The fraction of sp³-hybridized carbons (Fsp3) is 0.0556. The fourth-order valence-corrected chi connectivity index (χ4v) is 4.09. The standard InChI is InChI=1S/C18H12N4O3S2/c23-16(21-11-3-4-13-14(8-11)20-6-5-19-13)10-22-17(24)15(27-18(22)25)9-12-2-1-7-26-12/h1-9H,10H2,(H,21,23). The molecule has 0 unspecified atom stereocenters. The number of hydrogen-bond donors (Lipinski definition) is 1. The number of aromatic nitrogens is 2. The molecule has 2 aromatic heterocycles. The Morgan fingerprint density at radius 3 is 2.74 bits per heavy atom. The third-order valence-electron chi connectivity index (χ3n) is 3.74. The van der Waals surface area contributed by atoms with E-state index < -0.39 is 17.1 Å². The van der Waals surface area contributed by atoms with Crippen molar-refractivity contribution in [3.8, 4) is 0 Å². The van der Waals surface area contributed by atoms with E-state index in [1.165, 1.54) is 11.3 Å². The van der Waals surface area contributed by atoms with Gasteiger partial charge in [-0.2, -0.15) is 0 Å². The van der Waals surface area contributed by atoms with Gasteiger partial charge in [0.25, 0.3) is 11.1 Å². The number of fused-ring (bicyclic) bond motifs is 1. The van der Waals surface area contributed by atoms with Crippen LogP contribution in [0, 0.1) is 0 Å². The maximum Gasteiger partial charge on any atom is 0.294 e. The van der Waals surface area contributed by atoms with Gasteiger partial charge in [0.2, 0.25) is 5.91 Å². The third kappa shape index (κ3) is 3.74. The topological polar surface area (TPSA) is 92.3 Å². The van der Waals surface area contributed by atoms with Crippen LogP contribution >= 0.6 is 23.1 Å². The van der Waals surface area contributed by atoms with Crippen LogP contribution in [-0.2, 0) is 9.59 Å². The molecule has 1 aromatic carbocycles. The van der Waals surface area contributed by atoms with Crippen molar-refractivity contribution in [2.24, 2.45) is 0 Å². The summed E-state index contributed by atoms with van der Waals surface area (Å²) in [6.07, 6.45) is 4.81. The summed E-state index contributed by atoms with van der Waals surface area (Å²) in [4.78, 5) is 47.3. The molecule has 3 heterocycles. The number of thioether (sulfide) groups is 1. The molecule has 0 saturated carbocycles. The van der Waals surface area contributed by atoms with E-state index in [-0.39, 0.29) is 6.54 Å². The Morgan fingerprint density at radius 1 is 1.15 bits per heavy atom. The second-order valence-electron chi connectivity index (χ2n) is 5.59. The largest absolute Gasteiger partial charge is 0.324 e. The van der Waals surface area contributed by atoms with Crippen LogP contribution in [0.25, 0.3) is 17.1 Å². The lowest BCUT2D eigenvalue weighted by Crippen LogP contribution is -2.36. The molecule has 0 atom stereocenters. The van der Waals surface area contributed by atoms with Crippen molar-refractivity contribution in [1.29, 1.82) is 0 Å². The summed E-state index contributed by atoms with van der Waals surface area (Å²) in [6.45, 7) is -0.342. The Morgan fingerprint density at radius 2 is 1.96 bits per heavy atom. The number of carbonyl (C=O) groups is 3. The molecule has 1 aliphatic heterocycles. The monoisotopic (exact) mass is 396 g/mol. The lowest BCUT2D eigenvalue weighted by Gasteiger charge is -2.12. The number of thiophene rings is 1. The Bertz CT molecular complexity index is 1080. The zero-order valence-corrected chi connectivity index (χ0v) is 15.4. The third-order valence-corrected chi connectivity index (χ3v) is 5.47. The van der Waals surface area contributed by atoms with Crippen molar-refractivity contribution in [3.63, 3.8) is 0 Å². The van der Waals surface area contributed by atoms with Crippen molar-refractivity contribution in [3.05, 3.63) is 57.9 Å². The summed E-state index contributed by atoms with van der Waals surface area (Å²) in [7, 11) is 0. The predicted molar refractivity (Wildman–Crippen MR) is 105 cm³/mol. The Balaban J connectivity index is 1.45. The highest BCUT2D eigenvalue weighted by Gasteiger charge is 2.36. The molecule has 134 valence electrons. The molecular weight excluding hydrogens is 384 g/mol. The first-order valence-corrected chi connectivity index (χ1v) is 9.59. The molecule has 7 nitrogen and oxygen atoms in total. The minimum absolute atomic E-state index is 0.316. The number of imide groups is 1. The number of nitrogens with zero attached hydrogens (tertiary/aromatic N) is 3. The van der Waals surface area contributed by atoms with Crippen LogP contribution in [0.3, 0.4) is 0 Å². The molecule has 1 N–H and O–H groups in total. The fourth-order valence-electron chi connectivity index (χ4n) is 2.52. The molecule has 1 aliphatic rings. The summed E-state index contributed by atoms with van der Waals surface area (Å²) in [5.41, 5.74) is 1.87. The van der Waals surface area contributed by atoms with Gasteiger partial charge in [0.1, 0.15) is 6.54 Å². The first kappa shape index (κ1) is 17.4. The van der Waals surface area contributed by atoms with Gasteiger partial charge >= 0.3 is 0 Å². The second kappa shape index (κ2) is 7.29. The number of carbonyl (C=O) groups excluding carboxylic acids is 3. The summed E-state index contributed by atoms with van der Waals surface area (Å²) in [5.74, 6) is -0.921. The van der Waals surface area contributed by atoms with Gasteiger partial charge in [-0.05, 0) is 47.5 Å². The van der Waals surface area contributed by atoms with Gasteiger partial charge in [-0.25, -0.2) is 0 Å². The first-order valence-electron chi connectivity index (χ1n) is 7.90. The van der Waals surface area contributed by atoms with Crippen molar-refractivity contribution < 1.29 is 14.4 Å². The predicted octanol–water partition coefficient (Wildman–Crippen LogP) is 3.37. The zero-order valence-electron chi connectivity index (χ0n) is 13.8. The molecule has 0 bridgehead atoms. The van der Waals surface area contributed by atoms with Crippen molar-refractivity contribution >= 4 is 62.9 Å². The van der Waals surface area contributed by atoms with Crippen LogP contribution in [0.2, 0.25) is 0 Å². The van der Waals surface area contributed by atoms with E-state index in [2.05, 4.69) is 15.3 Å². The van der Waals surface area contributed by atoms with Gasteiger partial charge < -0.3 is 5.32 Å². The van der Waals surface area contributed by atoms with E-state index in [1.54, 1.807) is 36.7 Å². The van der Waals surface area contributed by atoms with Crippen LogP contribution < -0.4 is 5.32 Å². The Hall–Kier alpha value is -3.04. The van der Waals surface area contributed by atoms with Gasteiger partial charge in [0.15, 0.2) is 0 Å². The number of amides is 3. The molecule has 0 aliphatic carbocycles. The average Bonchev–Trinajstić information content (AvgIpc) is 3.26. The van der Waals surface area contributed by atoms with Crippen LogP contribution in [0.15, 0.2) is 53.0 Å². The van der Waals surface area contributed by atoms with Gasteiger partial charge in [-0.3, -0.25) is 29.3 Å². The highest BCUT2D eigenvalue weighted by atomic mass is 32.2. The van der Waals surface area contributed by atoms with E-state index in [0.29, 0.717) is 21.6 Å². The average molecular weight is 396 g/mol. The molecule has 3 amide bonds. The quantitative estimate of drug-likeness (QED) is 0.680. The summed E-state index contributed by atoms with van der Waals surface area (Å²) in [5, 5.41) is 4.11. The van der Waals surface area contributed by atoms with E-state index in [9.17, 15) is 14.4 Å². The van der Waals surface area contributed by atoms with Crippen LogP contribution in [0.4, 0.5) is 10.5 Å². The van der Waals surface area contributed by atoms with E-state index in [0.717, 1.165) is 21.5 Å². The number of nitrogens with one attached hydrogen (secondary N) is 1. The molecule has 1 saturated heterocycles. The number of rotatable bonds is 4. The Kier molecular flexibility index (Phi) is 4.69. The molecule has 3 aromatic rings. The zero-order chi connectivity index (χ0) is 18.8. The minimum Gasteiger partial charge on any atom is -0.324 e. The van der Waals surface area contributed by atoms with Gasteiger partial charge in [-0.1, -0.05) is 6.07 Å². The lowest BCUT2D eigenvalue weighted by molar-refractivity contribution is -0.127. The van der Waals surface area contributed by atoms with Crippen LogP contribution in [0.5, 0.6) is 0 Å². The summed E-state index contributed by atoms with van der Waals surface area (Å²) in [6, 6.07) is 8.84. The maximum atomic E-state index is 12.4. The minimum atomic E-state index is -0.460. The summed E-state index contributed by atoms with van der Waals surface area (Å²) < 4.78 is 0. The lowest BCUT2D eigenvalue weighted by atomic mass is 10.2. The second-order valence-corrected chi connectivity index (χ2v) is 7.56. The molecule has 9 heteroatoms. The maximum absolute atomic E-state index is 12.4. The van der Waals surface area contributed by atoms with Gasteiger partial charge in [0.05, 0.1) is 15.9 Å². The number of benzene rings is 1. The van der Waals surface area contributed by atoms with Crippen molar-refractivity contribution in [2.45, 2.75) is 0 Å².